The highest BCUT2D eigenvalue weighted by molar-refractivity contribution is 5.26. The van der Waals surface area contributed by atoms with Gasteiger partial charge in [-0.1, -0.05) is 12.1 Å². The summed E-state index contributed by atoms with van der Waals surface area (Å²) in [4.78, 5) is 3.85. The van der Waals surface area contributed by atoms with Crippen molar-refractivity contribution in [1.29, 1.82) is 0 Å². The van der Waals surface area contributed by atoms with E-state index in [0.717, 1.165) is 12.1 Å². The summed E-state index contributed by atoms with van der Waals surface area (Å²) >= 11 is 0. The van der Waals surface area contributed by atoms with Gasteiger partial charge in [0.05, 0.1) is 11.8 Å². The summed E-state index contributed by atoms with van der Waals surface area (Å²) in [5, 5.41) is 0. The van der Waals surface area contributed by atoms with Crippen molar-refractivity contribution in [3.05, 3.63) is 59.9 Å². The summed E-state index contributed by atoms with van der Waals surface area (Å²) in [5.41, 5.74) is -0.205. The Kier molecular flexibility index (Phi) is 3.50. The largest absolute Gasteiger partial charge is 0.487 e. The number of ether oxygens (including phenoxy) is 1. The van der Waals surface area contributed by atoms with Gasteiger partial charge in [-0.2, -0.15) is 13.2 Å². The van der Waals surface area contributed by atoms with Gasteiger partial charge in [0.2, 0.25) is 0 Å². The predicted octanol–water partition coefficient (Wildman–Crippen LogP) is 3.68. The number of halogens is 3. The molecule has 2 aromatic rings. The van der Waals surface area contributed by atoms with Crippen molar-refractivity contribution in [2.45, 2.75) is 12.8 Å². The van der Waals surface area contributed by atoms with Gasteiger partial charge >= 0.3 is 6.18 Å². The second-order valence-corrected chi connectivity index (χ2v) is 3.68. The van der Waals surface area contributed by atoms with Crippen LogP contribution in [0.25, 0.3) is 0 Å². The molecule has 0 bridgehead atoms. The summed E-state index contributed by atoms with van der Waals surface area (Å²) in [6.07, 6.45) is -1.23. The summed E-state index contributed by atoms with van der Waals surface area (Å²) in [5.74, 6) is 0.523. The Morgan fingerprint density at radius 2 is 1.94 bits per heavy atom. The molecule has 0 aliphatic heterocycles. The van der Waals surface area contributed by atoms with Crippen LogP contribution in [0.4, 0.5) is 13.2 Å². The third kappa shape index (κ3) is 3.23. The van der Waals surface area contributed by atoms with Gasteiger partial charge in [-0.15, -0.1) is 0 Å². The SMILES string of the molecule is FC(F)(F)c1cccc(COc2cccnc2)c1. The summed E-state index contributed by atoms with van der Waals surface area (Å²) in [6.45, 7) is 0.0790. The lowest BCUT2D eigenvalue weighted by Crippen LogP contribution is -2.06. The molecule has 1 aromatic carbocycles. The second kappa shape index (κ2) is 5.08. The number of pyridine rings is 1. The van der Waals surface area contributed by atoms with Crippen molar-refractivity contribution in [2.24, 2.45) is 0 Å². The Morgan fingerprint density at radius 1 is 1.11 bits per heavy atom. The van der Waals surface area contributed by atoms with Crippen molar-refractivity contribution in [2.75, 3.05) is 0 Å². The fraction of sp³-hybridized carbons (Fsp3) is 0.154. The summed E-state index contributed by atoms with van der Waals surface area (Å²) in [7, 11) is 0. The van der Waals surface area contributed by atoms with E-state index in [2.05, 4.69) is 4.98 Å². The Bertz CT molecular complexity index is 511. The summed E-state index contributed by atoms with van der Waals surface area (Å²) < 4.78 is 42.8. The van der Waals surface area contributed by atoms with E-state index in [1.165, 1.54) is 12.3 Å². The number of alkyl halides is 3. The maximum atomic E-state index is 12.5. The Morgan fingerprint density at radius 3 is 2.61 bits per heavy atom. The van der Waals surface area contributed by atoms with E-state index >= 15 is 0 Å². The normalized spacial score (nSPS) is 11.3. The molecule has 1 aromatic heterocycles. The number of benzene rings is 1. The van der Waals surface area contributed by atoms with Crippen LogP contribution in [0.15, 0.2) is 48.8 Å². The zero-order valence-corrected chi connectivity index (χ0v) is 9.32. The van der Waals surface area contributed by atoms with Crippen molar-refractivity contribution >= 4 is 0 Å². The molecular weight excluding hydrogens is 243 g/mol. The number of rotatable bonds is 3. The number of aromatic nitrogens is 1. The number of hydrogen-bond donors (Lipinski definition) is 0. The molecule has 0 aliphatic rings. The highest BCUT2D eigenvalue weighted by atomic mass is 19.4. The molecule has 0 saturated heterocycles. The molecular formula is C13H10F3NO. The van der Waals surface area contributed by atoms with Crippen molar-refractivity contribution < 1.29 is 17.9 Å². The van der Waals surface area contributed by atoms with Crippen LogP contribution in [-0.4, -0.2) is 4.98 Å². The van der Waals surface area contributed by atoms with Crippen LogP contribution in [-0.2, 0) is 12.8 Å². The van der Waals surface area contributed by atoms with Gasteiger partial charge in [0.1, 0.15) is 12.4 Å². The molecule has 2 rings (SSSR count). The van der Waals surface area contributed by atoms with Crippen molar-refractivity contribution in [3.8, 4) is 5.75 Å². The van der Waals surface area contributed by atoms with E-state index in [9.17, 15) is 13.2 Å². The van der Waals surface area contributed by atoms with Gasteiger partial charge < -0.3 is 4.74 Å². The smallest absolute Gasteiger partial charge is 0.416 e. The van der Waals surface area contributed by atoms with E-state index in [-0.39, 0.29) is 6.61 Å². The first-order chi connectivity index (χ1) is 8.55. The third-order valence-electron chi connectivity index (χ3n) is 2.29. The van der Waals surface area contributed by atoms with Crippen molar-refractivity contribution in [1.82, 2.24) is 4.98 Å². The molecule has 0 spiro atoms. The lowest BCUT2D eigenvalue weighted by Gasteiger charge is -2.09. The fourth-order valence-corrected chi connectivity index (χ4v) is 1.44. The Balaban J connectivity index is 2.06. The van der Waals surface area contributed by atoms with E-state index in [1.807, 2.05) is 0 Å². The maximum absolute atomic E-state index is 12.5. The molecule has 18 heavy (non-hydrogen) atoms. The van der Waals surface area contributed by atoms with E-state index in [1.54, 1.807) is 24.4 Å². The third-order valence-corrected chi connectivity index (χ3v) is 2.29. The number of hydrogen-bond acceptors (Lipinski definition) is 2. The van der Waals surface area contributed by atoms with Crippen molar-refractivity contribution in [3.63, 3.8) is 0 Å². The molecule has 0 radical (unpaired) electrons. The molecule has 2 nitrogen and oxygen atoms in total. The molecule has 0 fully saturated rings. The van der Waals surface area contributed by atoms with Crippen LogP contribution >= 0.6 is 0 Å². The van der Waals surface area contributed by atoms with E-state index in [0.29, 0.717) is 11.3 Å². The van der Waals surface area contributed by atoms with Crippen LogP contribution in [0, 0.1) is 0 Å². The molecule has 5 heteroatoms. The van der Waals surface area contributed by atoms with Gasteiger partial charge in [-0.3, -0.25) is 4.98 Å². The molecule has 94 valence electrons. The lowest BCUT2D eigenvalue weighted by atomic mass is 10.1. The minimum absolute atomic E-state index is 0.0790. The van der Waals surface area contributed by atoms with Crippen LogP contribution in [0.1, 0.15) is 11.1 Å². The fourth-order valence-electron chi connectivity index (χ4n) is 1.44. The zero-order valence-electron chi connectivity index (χ0n) is 9.32. The van der Waals surface area contributed by atoms with Crippen LogP contribution < -0.4 is 4.74 Å². The van der Waals surface area contributed by atoms with Gasteiger partial charge in [0.15, 0.2) is 0 Å². The monoisotopic (exact) mass is 253 g/mol. The van der Waals surface area contributed by atoms with Gasteiger partial charge in [-0.25, -0.2) is 0 Å². The standard InChI is InChI=1S/C13H10F3NO/c14-13(15,16)11-4-1-3-10(7-11)9-18-12-5-2-6-17-8-12/h1-8H,9H2. The minimum atomic E-state index is -4.33. The highest BCUT2D eigenvalue weighted by Gasteiger charge is 2.30. The average molecular weight is 253 g/mol. The highest BCUT2D eigenvalue weighted by Crippen LogP contribution is 2.29. The average Bonchev–Trinajstić information content (AvgIpc) is 2.37. The summed E-state index contributed by atoms with van der Waals surface area (Å²) in [6, 6.07) is 8.46. The van der Waals surface area contributed by atoms with Gasteiger partial charge in [0.25, 0.3) is 0 Å². The first-order valence-corrected chi connectivity index (χ1v) is 5.25. The van der Waals surface area contributed by atoms with E-state index in [4.69, 9.17) is 4.74 Å². The quantitative estimate of drug-likeness (QED) is 0.832. The molecule has 0 saturated carbocycles. The topological polar surface area (TPSA) is 22.1 Å². The molecule has 0 aliphatic carbocycles. The molecule has 1 heterocycles. The lowest BCUT2D eigenvalue weighted by molar-refractivity contribution is -0.137. The van der Waals surface area contributed by atoms with Crippen LogP contribution in [0.2, 0.25) is 0 Å². The first-order valence-electron chi connectivity index (χ1n) is 5.25. The molecule has 0 amide bonds. The minimum Gasteiger partial charge on any atom is -0.487 e. The predicted molar refractivity (Wildman–Crippen MR) is 60.0 cm³/mol. The molecule has 0 N–H and O–H groups in total. The van der Waals surface area contributed by atoms with Crippen LogP contribution in [0.3, 0.4) is 0 Å². The molecule has 0 atom stereocenters. The maximum Gasteiger partial charge on any atom is 0.416 e. The second-order valence-electron chi connectivity index (χ2n) is 3.68. The van der Waals surface area contributed by atoms with Gasteiger partial charge in [0, 0.05) is 6.20 Å². The zero-order chi connectivity index (χ0) is 13.0. The molecule has 0 unspecified atom stereocenters. The first kappa shape index (κ1) is 12.4. The van der Waals surface area contributed by atoms with Crippen LogP contribution in [0.5, 0.6) is 5.75 Å². The number of nitrogens with zero attached hydrogens (tertiary/aromatic N) is 1. The Hall–Kier alpha value is -2.04. The Labute approximate surface area is 102 Å². The van der Waals surface area contributed by atoms with E-state index < -0.39 is 11.7 Å². The van der Waals surface area contributed by atoms with Gasteiger partial charge in [-0.05, 0) is 29.8 Å².